The minimum atomic E-state index is -0.456. The molecule has 120 valence electrons. The summed E-state index contributed by atoms with van der Waals surface area (Å²) < 4.78 is 0. The molecule has 1 saturated heterocycles. The van der Waals surface area contributed by atoms with E-state index < -0.39 is 4.92 Å². The first-order valence-electron chi connectivity index (χ1n) is 7.69. The van der Waals surface area contributed by atoms with Crippen LogP contribution in [0.3, 0.4) is 0 Å². The van der Waals surface area contributed by atoms with Gasteiger partial charge in [-0.25, -0.2) is 0 Å². The third-order valence-electron chi connectivity index (χ3n) is 4.47. The molecule has 0 amide bonds. The summed E-state index contributed by atoms with van der Waals surface area (Å²) in [7, 11) is 0. The lowest BCUT2D eigenvalue weighted by Crippen LogP contribution is -2.36. The van der Waals surface area contributed by atoms with Crippen molar-refractivity contribution < 1.29 is 4.92 Å². The highest BCUT2D eigenvalue weighted by atomic mass is 35.5. The molecular weight excluding hydrogens is 302 g/mol. The molecule has 1 aliphatic rings. The average molecular weight is 324 g/mol. The number of benzene rings is 1. The van der Waals surface area contributed by atoms with Crippen molar-refractivity contribution in [2.45, 2.75) is 32.1 Å². The minimum absolute atomic E-state index is 0.0513. The number of piperidine rings is 1. The van der Waals surface area contributed by atoms with E-state index in [9.17, 15) is 10.1 Å². The largest absolute Gasteiger partial charge is 0.313 e. The van der Waals surface area contributed by atoms with Crippen molar-refractivity contribution in [3.8, 4) is 0 Å². The number of nitrogens with one attached hydrogen (secondary N) is 1. The van der Waals surface area contributed by atoms with Gasteiger partial charge in [0.05, 0.1) is 4.92 Å². The van der Waals surface area contributed by atoms with Crippen molar-refractivity contribution in [1.82, 2.24) is 4.90 Å². The standard InChI is InChI=1S/C16H22ClN3O2/c1-12(13-5-6-15(17)16(9-13)20(21)22)14(10-18)11-19-7-3-2-4-8-19/h5-6,9-10,12,14,18H,2-4,7-8,11H2,1H3. The summed E-state index contributed by atoms with van der Waals surface area (Å²) in [5.74, 6) is 0.106. The maximum absolute atomic E-state index is 11.0. The monoisotopic (exact) mass is 323 g/mol. The average Bonchev–Trinajstić information content (AvgIpc) is 2.53. The van der Waals surface area contributed by atoms with Crippen LogP contribution in [0.1, 0.15) is 37.7 Å². The normalized spacial score (nSPS) is 18.6. The molecule has 0 aromatic heterocycles. The number of hydrogen-bond donors (Lipinski definition) is 1. The third kappa shape index (κ3) is 4.05. The van der Waals surface area contributed by atoms with E-state index in [4.69, 9.17) is 17.0 Å². The van der Waals surface area contributed by atoms with Crippen LogP contribution in [-0.4, -0.2) is 35.7 Å². The number of likely N-dealkylation sites (tertiary alicyclic amines) is 1. The number of hydrogen-bond acceptors (Lipinski definition) is 4. The van der Waals surface area contributed by atoms with E-state index in [1.807, 2.05) is 13.0 Å². The van der Waals surface area contributed by atoms with Crippen LogP contribution in [0.2, 0.25) is 5.02 Å². The van der Waals surface area contributed by atoms with Gasteiger partial charge in [0.1, 0.15) is 5.02 Å². The lowest BCUT2D eigenvalue weighted by Gasteiger charge is -2.31. The first-order chi connectivity index (χ1) is 10.5. The molecular formula is C16H22ClN3O2. The Balaban J connectivity index is 2.13. The third-order valence-corrected chi connectivity index (χ3v) is 4.79. The van der Waals surface area contributed by atoms with Crippen LogP contribution < -0.4 is 0 Å². The van der Waals surface area contributed by atoms with Gasteiger partial charge in [-0.2, -0.15) is 0 Å². The smallest absolute Gasteiger partial charge is 0.288 e. The Kier molecular flexibility index (Phi) is 5.91. The van der Waals surface area contributed by atoms with Crippen molar-refractivity contribution in [3.63, 3.8) is 0 Å². The van der Waals surface area contributed by atoms with Gasteiger partial charge in [-0.1, -0.05) is 31.0 Å². The number of nitro benzene ring substituents is 1. The first-order valence-corrected chi connectivity index (χ1v) is 8.07. The van der Waals surface area contributed by atoms with E-state index >= 15 is 0 Å². The van der Waals surface area contributed by atoms with Gasteiger partial charge in [-0.3, -0.25) is 10.1 Å². The molecule has 0 spiro atoms. The lowest BCUT2D eigenvalue weighted by atomic mass is 9.87. The number of halogens is 1. The lowest BCUT2D eigenvalue weighted by molar-refractivity contribution is -0.384. The molecule has 22 heavy (non-hydrogen) atoms. The molecule has 2 unspecified atom stereocenters. The number of rotatable bonds is 6. The molecule has 0 radical (unpaired) electrons. The first kappa shape index (κ1) is 16.9. The summed E-state index contributed by atoms with van der Waals surface area (Å²) in [6, 6.07) is 4.94. The zero-order valence-electron chi connectivity index (χ0n) is 12.8. The highest BCUT2D eigenvalue weighted by Crippen LogP contribution is 2.31. The summed E-state index contributed by atoms with van der Waals surface area (Å²) in [5.41, 5.74) is 0.800. The van der Waals surface area contributed by atoms with Crippen molar-refractivity contribution in [1.29, 1.82) is 5.41 Å². The van der Waals surface area contributed by atoms with Crippen LogP contribution in [-0.2, 0) is 0 Å². The van der Waals surface area contributed by atoms with E-state index in [0.717, 1.165) is 25.2 Å². The van der Waals surface area contributed by atoms with Crippen LogP contribution >= 0.6 is 11.6 Å². The van der Waals surface area contributed by atoms with Gasteiger partial charge in [0, 0.05) is 24.7 Å². The molecule has 1 aromatic carbocycles. The second-order valence-electron chi connectivity index (χ2n) is 5.95. The molecule has 1 aromatic rings. The summed E-state index contributed by atoms with van der Waals surface area (Å²) >= 11 is 5.87. The molecule has 1 heterocycles. The van der Waals surface area contributed by atoms with Crippen LogP contribution in [0.5, 0.6) is 0 Å². The summed E-state index contributed by atoms with van der Waals surface area (Å²) in [6.45, 7) is 5.02. The molecule has 0 saturated carbocycles. The molecule has 5 nitrogen and oxygen atoms in total. The highest BCUT2D eigenvalue weighted by molar-refractivity contribution is 6.32. The van der Waals surface area contributed by atoms with E-state index in [-0.39, 0.29) is 22.5 Å². The van der Waals surface area contributed by atoms with Gasteiger partial charge in [0.25, 0.3) is 5.69 Å². The summed E-state index contributed by atoms with van der Waals surface area (Å²) in [4.78, 5) is 13.0. The van der Waals surface area contributed by atoms with Gasteiger partial charge in [0.2, 0.25) is 0 Å². The SMILES string of the molecule is CC(c1ccc(Cl)c([N+](=O)[O-])c1)C(C=N)CN1CCCCC1. The van der Waals surface area contributed by atoms with Crippen LogP contribution in [0, 0.1) is 21.4 Å². The molecule has 0 aliphatic carbocycles. The number of nitro groups is 1. The predicted molar refractivity (Wildman–Crippen MR) is 89.1 cm³/mol. The summed E-state index contributed by atoms with van der Waals surface area (Å²) in [6.07, 6.45) is 5.18. The van der Waals surface area contributed by atoms with Crippen LogP contribution in [0.4, 0.5) is 5.69 Å². The topological polar surface area (TPSA) is 70.2 Å². The quantitative estimate of drug-likeness (QED) is 0.486. The van der Waals surface area contributed by atoms with Gasteiger partial charge >= 0.3 is 0 Å². The van der Waals surface area contributed by atoms with Gasteiger partial charge in [-0.15, -0.1) is 0 Å². The van der Waals surface area contributed by atoms with Crippen molar-refractivity contribution in [2.75, 3.05) is 19.6 Å². The Morgan fingerprint density at radius 1 is 1.41 bits per heavy atom. The maximum Gasteiger partial charge on any atom is 0.288 e. The molecule has 6 heteroatoms. The zero-order valence-corrected chi connectivity index (χ0v) is 13.6. The Bertz CT molecular complexity index is 544. The van der Waals surface area contributed by atoms with Crippen LogP contribution in [0.15, 0.2) is 18.2 Å². The van der Waals surface area contributed by atoms with Gasteiger partial charge in [0.15, 0.2) is 0 Å². The number of nitrogens with zero attached hydrogens (tertiary/aromatic N) is 2. The molecule has 1 N–H and O–H groups in total. The highest BCUT2D eigenvalue weighted by Gasteiger charge is 2.23. The van der Waals surface area contributed by atoms with Crippen molar-refractivity contribution in [2.24, 2.45) is 5.92 Å². The minimum Gasteiger partial charge on any atom is -0.313 e. The molecule has 1 aliphatic heterocycles. The van der Waals surface area contributed by atoms with E-state index in [2.05, 4.69) is 4.90 Å². The van der Waals surface area contributed by atoms with E-state index in [1.54, 1.807) is 12.1 Å². The Hall–Kier alpha value is -1.46. The molecule has 2 atom stereocenters. The molecule has 2 rings (SSSR count). The molecule has 1 fully saturated rings. The van der Waals surface area contributed by atoms with E-state index in [0.29, 0.717) is 0 Å². The maximum atomic E-state index is 11.0. The van der Waals surface area contributed by atoms with Crippen molar-refractivity contribution >= 4 is 23.5 Å². The molecule has 0 bridgehead atoms. The second kappa shape index (κ2) is 7.70. The summed E-state index contributed by atoms with van der Waals surface area (Å²) in [5, 5.41) is 18.9. The fourth-order valence-corrected chi connectivity index (χ4v) is 3.18. The zero-order chi connectivity index (χ0) is 16.1. The second-order valence-corrected chi connectivity index (χ2v) is 6.36. The van der Waals surface area contributed by atoms with E-state index in [1.165, 1.54) is 25.5 Å². The Morgan fingerprint density at radius 3 is 2.68 bits per heavy atom. The van der Waals surface area contributed by atoms with Crippen LogP contribution in [0.25, 0.3) is 0 Å². The van der Waals surface area contributed by atoms with Gasteiger partial charge in [-0.05, 0) is 43.5 Å². The fraction of sp³-hybridized carbons (Fsp3) is 0.562. The van der Waals surface area contributed by atoms with Gasteiger partial charge < -0.3 is 10.3 Å². The fourth-order valence-electron chi connectivity index (χ4n) is 3.00. The Morgan fingerprint density at radius 2 is 2.09 bits per heavy atom. The van der Waals surface area contributed by atoms with Crippen molar-refractivity contribution in [3.05, 3.63) is 38.9 Å². The predicted octanol–water partition coefficient (Wildman–Crippen LogP) is 4.10. The Labute approximate surface area is 135 Å².